The van der Waals surface area contributed by atoms with Crippen LogP contribution in [0.4, 0.5) is 17.1 Å². The SMILES string of the molecule is c1ccc(-c2cccc(-c3cccc(N(c4ccc(-c5ccc6c(c5)sc5ccccc56)cc4)c4cccc(-c5ccc6ccccc6c5)c4)c3)c2)cc1. The maximum atomic E-state index is 2.38. The Bertz CT molecular complexity index is 2940. The lowest BCUT2D eigenvalue weighted by Crippen LogP contribution is -2.10. The molecule has 1 aromatic heterocycles. The highest BCUT2D eigenvalue weighted by Crippen LogP contribution is 2.41. The van der Waals surface area contributed by atoms with Crippen molar-refractivity contribution >= 4 is 59.3 Å². The van der Waals surface area contributed by atoms with Gasteiger partial charge in [-0.3, -0.25) is 0 Å². The smallest absolute Gasteiger partial charge is 0.0467 e. The van der Waals surface area contributed by atoms with Crippen LogP contribution < -0.4 is 4.90 Å². The lowest BCUT2D eigenvalue weighted by molar-refractivity contribution is 1.28. The predicted molar refractivity (Wildman–Crippen MR) is 233 cm³/mol. The van der Waals surface area contributed by atoms with Gasteiger partial charge in [-0.15, -0.1) is 11.3 Å². The molecule has 0 radical (unpaired) electrons. The summed E-state index contributed by atoms with van der Waals surface area (Å²) in [5, 5.41) is 5.14. The monoisotopic (exact) mass is 705 g/mol. The topological polar surface area (TPSA) is 3.24 Å². The Labute approximate surface area is 319 Å². The van der Waals surface area contributed by atoms with E-state index in [1.54, 1.807) is 0 Å². The summed E-state index contributed by atoms with van der Waals surface area (Å²) in [5.41, 5.74) is 12.9. The van der Waals surface area contributed by atoms with Crippen LogP contribution >= 0.6 is 11.3 Å². The first-order valence-corrected chi connectivity index (χ1v) is 19.2. The van der Waals surface area contributed by atoms with E-state index in [1.807, 2.05) is 11.3 Å². The second-order valence-corrected chi connectivity index (χ2v) is 14.9. The average molecular weight is 706 g/mol. The Morgan fingerprint density at radius 2 is 0.759 bits per heavy atom. The number of benzene rings is 9. The Morgan fingerprint density at radius 3 is 1.52 bits per heavy atom. The van der Waals surface area contributed by atoms with E-state index >= 15 is 0 Å². The van der Waals surface area contributed by atoms with E-state index in [0.29, 0.717) is 0 Å². The fourth-order valence-corrected chi connectivity index (χ4v) is 8.83. The molecule has 0 atom stereocenters. The molecule has 10 rings (SSSR count). The van der Waals surface area contributed by atoms with Gasteiger partial charge in [-0.25, -0.2) is 0 Å². The second kappa shape index (κ2) is 13.7. The molecule has 254 valence electrons. The van der Waals surface area contributed by atoms with Crippen molar-refractivity contribution < 1.29 is 0 Å². The van der Waals surface area contributed by atoms with Crippen molar-refractivity contribution in [3.8, 4) is 44.5 Å². The molecule has 1 heterocycles. The van der Waals surface area contributed by atoms with Crippen LogP contribution in [0.5, 0.6) is 0 Å². The fourth-order valence-electron chi connectivity index (χ4n) is 7.68. The van der Waals surface area contributed by atoms with Crippen LogP contribution in [-0.4, -0.2) is 0 Å². The van der Waals surface area contributed by atoms with E-state index in [9.17, 15) is 0 Å². The van der Waals surface area contributed by atoms with E-state index in [4.69, 9.17) is 0 Å². The molecule has 0 saturated heterocycles. The standard InChI is InChI=1S/C52H35NS/c1-2-11-36(12-3-1)40-15-8-16-41(31-40)42-17-9-19-47(33-42)53(48-20-10-18-43(34-48)44-24-23-37-13-4-5-14-39(37)32-44)46-28-25-38(26-29-46)45-27-30-50-49-21-6-7-22-51(49)54-52(50)35-45/h1-35H. The molecule has 0 N–H and O–H groups in total. The van der Waals surface area contributed by atoms with Gasteiger partial charge < -0.3 is 4.90 Å². The average Bonchev–Trinajstić information content (AvgIpc) is 3.62. The van der Waals surface area contributed by atoms with Crippen molar-refractivity contribution in [3.63, 3.8) is 0 Å². The van der Waals surface area contributed by atoms with Crippen molar-refractivity contribution in [2.75, 3.05) is 4.90 Å². The largest absolute Gasteiger partial charge is 0.310 e. The normalized spacial score (nSPS) is 11.3. The third kappa shape index (κ3) is 6.03. The number of fused-ring (bicyclic) bond motifs is 4. The van der Waals surface area contributed by atoms with E-state index < -0.39 is 0 Å². The first-order valence-electron chi connectivity index (χ1n) is 18.4. The van der Waals surface area contributed by atoms with Crippen molar-refractivity contribution in [2.45, 2.75) is 0 Å². The highest BCUT2D eigenvalue weighted by Gasteiger charge is 2.16. The summed E-state index contributed by atoms with van der Waals surface area (Å²) in [6.45, 7) is 0. The number of rotatable bonds is 7. The van der Waals surface area contributed by atoms with Gasteiger partial charge >= 0.3 is 0 Å². The predicted octanol–water partition coefficient (Wildman–Crippen LogP) is 15.3. The van der Waals surface area contributed by atoms with E-state index in [2.05, 4.69) is 217 Å². The zero-order chi connectivity index (χ0) is 35.8. The van der Waals surface area contributed by atoms with E-state index in [-0.39, 0.29) is 0 Å². The molecular formula is C52H35NS. The van der Waals surface area contributed by atoms with Crippen LogP contribution in [0.2, 0.25) is 0 Å². The number of anilines is 3. The van der Waals surface area contributed by atoms with Gasteiger partial charge in [0, 0.05) is 37.2 Å². The van der Waals surface area contributed by atoms with Crippen molar-refractivity contribution in [2.24, 2.45) is 0 Å². The molecule has 0 aliphatic rings. The molecule has 0 fully saturated rings. The van der Waals surface area contributed by atoms with Gasteiger partial charge in [0.2, 0.25) is 0 Å². The molecule has 0 amide bonds. The minimum atomic E-state index is 1.10. The Morgan fingerprint density at radius 1 is 0.259 bits per heavy atom. The Balaban J connectivity index is 1.06. The molecule has 0 bridgehead atoms. The molecule has 0 saturated carbocycles. The van der Waals surface area contributed by atoms with Gasteiger partial charge in [-0.1, -0.05) is 152 Å². The molecular weight excluding hydrogens is 671 g/mol. The Hall–Kier alpha value is -6.74. The van der Waals surface area contributed by atoms with E-state index in [1.165, 1.54) is 75.5 Å². The first kappa shape index (κ1) is 32.0. The molecule has 0 aliphatic heterocycles. The van der Waals surface area contributed by atoms with Crippen molar-refractivity contribution in [3.05, 3.63) is 212 Å². The van der Waals surface area contributed by atoms with Gasteiger partial charge in [0.25, 0.3) is 0 Å². The second-order valence-electron chi connectivity index (χ2n) is 13.8. The summed E-state index contributed by atoms with van der Waals surface area (Å²) in [5.74, 6) is 0. The molecule has 10 aromatic rings. The third-order valence-electron chi connectivity index (χ3n) is 10.4. The fraction of sp³-hybridized carbons (Fsp3) is 0. The molecule has 0 aliphatic carbocycles. The molecule has 1 nitrogen and oxygen atoms in total. The van der Waals surface area contributed by atoms with Crippen molar-refractivity contribution in [1.29, 1.82) is 0 Å². The highest BCUT2D eigenvalue weighted by atomic mass is 32.1. The molecule has 0 spiro atoms. The summed E-state index contributed by atoms with van der Waals surface area (Å²) >= 11 is 1.86. The van der Waals surface area contributed by atoms with Gasteiger partial charge in [0.05, 0.1) is 0 Å². The molecule has 9 aromatic carbocycles. The first-order chi connectivity index (χ1) is 26.7. The minimum Gasteiger partial charge on any atom is -0.310 e. The zero-order valence-electron chi connectivity index (χ0n) is 29.6. The highest BCUT2D eigenvalue weighted by molar-refractivity contribution is 7.25. The maximum absolute atomic E-state index is 2.38. The summed E-state index contributed by atoms with van der Waals surface area (Å²) in [7, 11) is 0. The Kier molecular flexibility index (Phi) is 8.09. The van der Waals surface area contributed by atoms with Gasteiger partial charge in [-0.2, -0.15) is 0 Å². The lowest BCUT2D eigenvalue weighted by atomic mass is 9.98. The molecule has 0 unspecified atom stereocenters. The summed E-state index contributed by atoms with van der Waals surface area (Å²) in [6.07, 6.45) is 0. The molecule has 2 heteroatoms. The van der Waals surface area contributed by atoms with Crippen LogP contribution in [0, 0.1) is 0 Å². The number of nitrogens with zero attached hydrogens (tertiary/aromatic N) is 1. The maximum Gasteiger partial charge on any atom is 0.0467 e. The van der Waals surface area contributed by atoms with E-state index in [0.717, 1.165) is 17.1 Å². The summed E-state index contributed by atoms with van der Waals surface area (Å²) < 4.78 is 2.65. The number of hydrogen-bond donors (Lipinski definition) is 0. The quantitative estimate of drug-likeness (QED) is 0.160. The van der Waals surface area contributed by atoms with Gasteiger partial charge in [0.1, 0.15) is 0 Å². The lowest BCUT2D eigenvalue weighted by Gasteiger charge is -2.27. The van der Waals surface area contributed by atoms with Gasteiger partial charge in [-0.05, 0) is 116 Å². The van der Waals surface area contributed by atoms with Crippen LogP contribution in [0.1, 0.15) is 0 Å². The number of hydrogen-bond acceptors (Lipinski definition) is 2. The zero-order valence-corrected chi connectivity index (χ0v) is 30.4. The number of thiophene rings is 1. The van der Waals surface area contributed by atoms with Crippen LogP contribution in [-0.2, 0) is 0 Å². The van der Waals surface area contributed by atoms with Crippen LogP contribution in [0.25, 0.3) is 75.5 Å². The summed E-state index contributed by atoms with van der Waals surface area (Å²) in [6, 6.07) is 77.2. The third-order valence-corrected chi connectivity index (χ3v) is 11.6. The van der Waals surface area contributed by atoms with Crippen LogP contribution in [0.3, 0.4) is 0 Å². The molecule has 54 heavy (non-hydrogen) atoms. The van der Waals surface area contributed by atoms with Crippen LogP contribution in [0.15, 0.2) is 212 Å². The minimum absolute atomic E-state index is 1.10. The summed E-state index contributed by atoms with van der Waals surface area (Å²) in [4.78, 5) is 2.38. The van der Waals surface area contributed by atoms with Gasteiger partial charge in [0.15, 0.2) is 0 Å². The van der Waals surface area contributed by atoms with Crippen molar-refractivity contribution in [1.82, 2.24) is 0 Å².